The molecule has 1 rings (SSSR count). The zero-order chi connectivity index (χ0) is 12.9. The van der Waals surface area contributed by atoms with Crippen LogP contribution in [0, 0.1) is 11.3 Å². The fourth-order valence-electron chi connectivity index (χ4n) is 1.79. The van der Waals surface area contributed by atoms with Gasteiger partial charge in [0.15, 0.2) is 0 Å². The van der Waals surface area contributed by atoms with Crippen molar-refractivity contribution in [2.75, 3.05) is 18.4 Å². The molecular formula is C14H24BrNO. The quantitative estimate of drug-likeness (QED) is 0.734. The van der Waals surface area contributed by atoms with Gasteiger partial charge in [0, 0.05) is 11.9 Å². The number of halogens is 1. The summed E-state index contributed by atoms with van der Waals surface area (Å²) in [6, 6.07) is 4.00. The van der Waals surface area contributed by atoms with Crippen molar-refractivity contribution in [3.05, 3.63) is 24.2 Å². The Hall–Kier alpha value is -0.280. The second-order valence-corrected chi connectivity index (χ2v) is 6.27. The first-order valence-electron chi connectivity index (χ1n) is 6.28. The van der Waals surface area contributed by atoms with E-state index in [2.05, 4.69) is 48.5 Å². The predicted molar refractivity (Wildman–Crippen MR) is 76.4 cm³/mol. The Morgan fingerprint density at radius 3 is 2.53 bits per heavy atom. The van der Waals surface area contributed by atoms with E-state index in [1.165, 1.54) is 0 Å². The van der Waals surface area contributed by atoms with Crippen molar-refractivity contribution in [2.45, 2.75) is 34.2 Å². The maximum absolute atomic E-state index is 5.41. The van der Waals surface area contributed by atoms with Gasteiger partial charge in [-0.2, -0.15) is 0 Å². The van der Waals surface area contributed by atoms with Gasteiger partial charge in [-0.05, 0) is 30.0 Å². The molecule has 98 valence electrons. The van der Waals surface area contributed by atoms with Gasteiger partial charge in [0.1, 0.15) is 5.76 Å². The summed E-state index contributed by atoms with van der Waals surface area (Å²) in [4.78, 5) is 2.44. The van der Waals surface area contributed by atoms with E-state index >= 15 is 0 Å². The van der Waals surface area contributed by atoms with Crippen molar-refractivity contribution in [3.8, 4) is 0 Å². The molecule has 1 atom stereocenters. The van der Waals surface area contributed by atoms with Crippen LogP contribution in [0.25, 0.3) is 0 Å². The van der Waals surface area contributed by atoms with Gasteiger partial charge >= 0.3 is 0 Å². The third kappa shape index (κ3) is 4.84. The minimum atomic E-state index is 0.333. The molecule has 0 saturated carbocycles. The minimum absolute atomic E-state index is 0.333. The second-order valence-electron chi connectivity index (χ2n) is 5.62. The summed E-state index contributed by atoms with van der Waals surface area (Å²) in [7, 11) is 0. The van der Waals surface area contributed by atoms with Crippen LogP contribution in [-0.2, 0) is 6.54 Å². The van der Waals surface area contributed by atoms with Crippen LogP contribution >= 0.6 is 15.9 Å². The molecule has 0 saturated heterocycles. The van der Waals surface area contributed by atoms with Crippen LogP contribution in [0.2, 0.25) is 0 Å². The molecule has 0 amide bonds. The van der Waals surface area contributed by atoms with Gasteiger partial charge in [-0.15, -0.1) is 0 Å². The van der Waals surface area contributed by atoms with Gasteiger partial charge in [0.25, 0.3) is 0 Å². The van der Waals surface area contributed by atoms with Crippen LogP contribution in [0.4, 0.5) is 0 Å². The van der Waals surface area contributed by atoms with Crippen LogP contribution in [0.5, 0.6) is 0 Å². The molecule has 0 spiro atoms. The normalized spacial score (nSPS) is 14.2. The lowest BCUT2D eigenvalue weighted by Gasteiger charge is -2.33. The van der Waals surface area contributed by atoms with E-state index in [4.69, 9.17) is 4.42 Å². The van der Waals surface area contributed by atoms with E-state index in [1.807, 2.05) is 12.1 Å². The average molecular weight is 302 g/mol. The standard InChI is InChI=1S/C14H24BrNO/c1-5-16(11-13-7-6-8-17-13)10-12(9-15)14(2,3)4/h6-8,12H,5,9-11H2,1-4H3. The Morgan fingerprint density at radius 1 is 1.41 bits per heavy atom. The van der Waals surface area contributed by atoms with E-state index in [0.29, 0.717) is 11.3 Å². The molecule has 0 aliphatic carbocycles. The van der Waals surface area contributed by atoms with Crippen molar-refractivity contribution in [2.24, 2.45) is 11.3 Å². The number of hydrogen-bond donors (Lipinski definition) is 0. The van der Waals surface area contributed by atoms with Crippen LogP contribution in [0.3, 0.4) is 0 Å². The molecule has 1 aromatic heterocycles. The summed E-state index contributed by atoms with van der Waals surface area (Å²) in [5.41, 5.74) is 0.333. The maximum Gasteiger partial charge on any atom is 0.117 e. The first kappa shape index (κ1) is 14.8. The molecule has 2 nitrogen and oxygen atoms in total. The van der Waals surface area contributed by atoms with Gasteiger partial charge in [-0.25, -0.2) is 0 Å². The molecule has 1 unspecified atom stereocenters. The smallest absolute Gasteiger partial charge is 0.117 e. The highest BCUT2D eigenvalue weighted by molar-refractivity contribution is 9.09. The first-order chi connectivity index (χ1) is 7.97. The minimum Gasteiger partial charge on any atom is -0.468 e. The molecule has 1 aromatic rings. The Kier molecular flexibility index (Phi) is 5.74. The zero-order valence-electron chi connectivity index (χ0n) is 11.4. The van der Waals surface area contributed by atoms with Crippen molar-refractivity contribution < 1.29 is 4.42 Å². The van der Waals surface area contributed by atoms with E-state index in [-0.39, 0.29) is 0 Å². The Bertz CT molecular complexity index is 303. The molecular weight excluding hydrogens is 278 g/mol. The maximum atomic E-state index is 5.41. The van der Waals surface area contributed by atoms with Gasteiger partial charge in [-0.3, -0.25) is 4.90 Å². The van der Waals surface area contributed by atoms with E-state index in [1.54, 1.807) is 6.26 Å². The molecule has 0 fully saturated rings. The molecule has 0 N–H and O–H groups in total. The van der Waals surface area contributed by atoms with Crippen LogP contribution in [0.1, 0.15) is 33.5 Å². The molecule has 0 aliphatic heterocycles. The Balaban J connectivity index is 2.56. The summed E-state index contributed by atoms with van der Waals surface area (Å²) in [6.07, 6.45) is 1.74. The fraction of sp³-hybridized carbons (Fsp3) is 0.714. The molecule has 3 heteroatoms. The SMILES string of the molecule is CCN(Cc1ccco1)CC(CBr)C(C)(C)C. The van der Waals surface area contributed by atoms with Crippen molar-refractivity contribution in [3.63, 3.8) is 0 Å². The third-order valence-corrected chi connectivity index (χ3v) is 4.08. The number of alkyl halides is 1. The topological polar surface area (TPSA) is 16.4 Å². The summed E-state index contributed by atoms with van der Waals surface area (Å²) >= 11 is 3.64. The first-order valence-corrected chi connectivity index (χ1v) is 7.40. The molecule has 17 heavy (non-hydrogen) atoms. The van der Waals surface area contributed by atoms with Crippen molar-refractivity contribution >= 4 is 15.9 Å². The molecule has 0 bridgehead atoms. The molecule has 0 aromatic carbocycles. The van der Waals surface area contributed by atoms with Crippen molar-refractivity contribution in [1.29, 1.82) is 0 Å². The fourth-order valence-corrected chi connectivity index (χ4v) is 2.97. The predicted octanol–water partition coefficient (Wildman–Crippen LogP) is 4.16. The third-order valence-electron chi connectivity index (χ3n) is 3.30. The lowest BCUT2D eigenvalue weighted by molar-refractivity contribution is 0.158. The summed E-state index contributed by atoms with van der Waals surface area (Å²) in [5.74, 6) is 1.70. The molecule has 0 aliphatic rings. The molecule has 0 radical (unpaired) electrons. The van der Waals surface area contributed by atoms with E-state index in [0.717, 1.165) is 30.7 Å². The monoisotopic (exact) mass is 301 g/mol. The largest absolute Gasteiger partial charge is 0.468 e. The second kappa shape index (κ2) is 6.60. The van der Waals surface area contributed by atoms with E-state index in [9.17, 15) is 0 Å². The van der Waals surface area contributed by atoms with Gasteiger partial charge in [-0.1, -0.05) is 43.6 Å². The highest BCUT2D eigenvalue weighted by atomic mass is 79.9. The Labute approximate surface area is 114 Å². The lowest BCUT2D eigenvalue weighted by Crippen LogP contribution is -2.36. The zero-order valence-corrected chi connectivity index (χ0v) is 13.0. The van der Waals surface area contributed by atoms with Gasteiger partial charge < -0.3 is 4.42 Å². The Morgan fingerprint density at radius 2 is 2.12 bits per heavy atom. The summed E-state index contributed by atoms with van der Waals surface area (Å²) in [5, 5.41) is 1.05. The van der Waals surface area contributed by atoms with Crippen LogP contribution < -0.4 is 0 Å². The summed E-state index contributed by atoms with van der Waals surface area (Å²) < 4.78 is 5.41. The lowest BCUT2D eigenvalue weighted by atomic mass is 9.82. The van der Waals surface area contributed by atoms with Gasteiger partial charge in [0.2, 0.25) is 0 Å². The number of hydrogen-bond acceptors (Lipinski definition) is 2. The summed E-state index contributed by atoms with van der Waals surface area (Å²) in [6.45, 7) is 12.2. The molecule has 1 heterocycles. The number of nitrogens with zero attached hydrogens (tertiary/aromatic N) is 1. The van der Waals surface area contributed by atoms with Gasteiger partial charge in [0.05, 0.1) is 12.8 Å². The highest BCUT2D eigenvalue weighted by Gasteiger charge is 2.25. The number of rotatable bonds is 6. The highest BCUT2D eigenvalue weighted by Crippen LogP contribution is 2.28. The van der Waals surface area contributed by atoms with E-state index < -0.39 is 0 Å². The van der Waals surface area contributed by atoms with Crippen LogP contribution in [-0.4, -0.2) is 23.3 Å². The van der Waals surface area contributed by atoms with Crippen molar-refractivity contribution in [1.82, 2.24) is 4.90 Å². The van der Waals surface area contributed by atoms with Crippen LogP contribution in [0.15, 0.2) is 22.8 Å². The number of furan rings is 1. The average Bonchev–Trinajstić information content (AvgIpc) is 2.74.